The number of nitrogens with one attached hydrogen (secondary N) is 1. The standard InChI is InChI=1S/C25H31N3O6S/c1-16-13-19-14-21(6-7-23(19)28(16)17(2)29)35(31,32)27-11-9-18(10-12-27)25(30)26-22-15-20(33-3)5-8-24(22)34-4/h5-8,14-16,18H,9-13H2,1-4H3,(H,26,30)/t16-/m1/s1. The van der Waals surface area contributed by atoms with Crippen LogP contribution in [-0.4, -0.2) is 57.9 Å². The fourth-order valence-electron chi connectivity index (χ4n) is 4.90. The lowest BCUT2D eigenvalue weighted by Gasteiger charge is -2.30. The van der Waals surface area contributed by atoms with Gasteiger partial charge in [0.15, 0.2) is 0 Å². The van der Waals surface area contributed by atoms with Gasteiger partial charge in [0.1, 0.15) is 11.5 Å². The van der Waals surface area contributed by atoms with Gasteiger partial charge in [0.25, 0.3) is 0 Å². The van der Waals surface area contributed by atoms with E-state index in [0.29, 0.717) is 36.4 Å². The van der Waals surface area contributed by atoms with Crippen LogP contribution in [-0.2, 0) is 26.0 Å². The average molecular weight is 502 g/mol. The first-order chi connectivity index (χ1) is 16.6. The van der Waals surface area contributed by atoms with E-state index in [1.54, 1.807) is 48.4 Å². The lowest BCUT2D eigenvalue weighted by atomic mass is 9.97. The van der Waals surface area contributed by atoms with Gasteiger partial charge in [-0.3, -0.25) is 9.59 Å². The number of methoxy groups -OCH3 is 2. The molecular formula is C25H31N3O6S. The molecule has 2 aromatic rings. The van der Waals surface area contributed by atoms with E-state index in [0.717, 1.165) is 11.3 Å². The molecule has 0 aromatic heterocycles. The number of nitrogens with zero attached hydrogens (tertiary/aromatic N) is 2. The first-order valence-electron chi connectivity index (χ1n) is 11.6. The Morgan fingerprint density at radius 2 is 1.74 bits per heavy atom. The zero-order valence-electron chi connectivity index (χ0n) is 20.4. The van der Waals surface area contributed by atoms with Crippen LogP contribution in [0.4, 0.5) is 11.4 Å². The fourth-order valence-corrected chi connectivity index (χ4v) is 6.42. The van der Waals surface area contributed by atoms with Crippen LogP contribution in [0.2, 0.25) is 0 Å². The van der Waals surface area contributed by atoms with Gasteiger partial charge in [0, 0.05) is 43.7 Å². The molecule has 1 atom stereocenters. The number of rotatable bonds is 6. The molecule has 9 nitrogen and oxygen atoms in total. The molecule has 0 bridgehead atoms. The minimum atomic E-state index is -3.70. The van der Waals surface area contributed by atoms with Crippen molar-refractivity contribution in [1.29, 1.82) is 0 Å². The minimum absolute atomic E-state index is 0.00193. The maximum atomic E-state index is 13.3. The van der Waals surface area contributed by atoms with Crippen molar-refractivity contribution >= 4 is 33.2 Å². The van der Waals surface area contributed by atoms with Gasteiger partial charge in [-0.15, -0.1) is 0 Å². The summed E-state index contributed by atoms with van der Waals surface area (Å²) in [5.41, 5.74) is 2.14. The van der Waals surface area contributed by atoms with Crippen molar-refractivity contribution in [2.45, 2.75) is 44.0 Å². The van der Waals surface area contributed by atoms with Crippen LogP contribution in [0.25, 0.3) is 0 Å². The SMILES string of the molecule is COc1ccc(OC)c(NC(=O)C2CCN(S(=O)(=O)c3ccc4c(c3)C[C@@H](C)N4C(C)=O)CC2)c1. The summed E-state index contributed by atoms with van der Waals surface area (Å²) in [6.07, 6.45) is 1.45. The average Bonchev–Trinajstić information content (AvgIpc) is 3.19. The predicted octanol–water partition coefficient (Wildman–Crippen LogP) is 3.04. The molecule has 1 saturated heterocycles. The van der Waals surface area contributed by atoms with Crippen LogP contribution in [0.5, 0.6) is 11.5 Å². The molecular weight excluding hydrogens is 470 g/mol. The molecule has 0 unspecified atom stereocenters. The molecule has 2 aromatic carbocycles. The Labute approximate surface area is 206 Å². The largest absolute Gasteiger partial charge is 0.497 e. The van der Waals surface area contributed by atoms with Gasteiger partial charge in [-0.1, -0.05) is 0 Å². The number of ether oxygens (including phenoxy) is 2. The van der Waals surface area contributed by atoms with Crippen molar-refractivity contribution in [3.8, 4) is 11.5 Å². The van der Waals surface area contributed by atoms with Crippen LogP contribution < -0.4 is 19.7 Å². The van der Waals surface area contributed by atoms with E-state index in [1.165, 1.54) is 18.3 Å². The fraction of sp³-hybridized carbons (Fsp3) is 0.440. The second-order valence-electron chi connectivity index (χ2n) is 8.97. The Kier molecular flexibility index (Phi) is 7.05. The van der Waals surface area contributed by atoms with E-state index in [9.17, 15) is 18.0 Å². The molecule has 2 heterocycles. The highest BCUT2D eigenvalue weighted by molar-refractivity contribution is 7.89. The summed E-state index contributed by atoms with van der Waals surface area (Å²) < 4.78 is 38.6. The lowest BCUT2D eigenvalue weighted by molar-refractivity contribution is -0.121. The molecule has 0 radical (unpaired) electrons. The highest BCUT2D eigenvalue weighted by Gasteiger charge is 2.35. The monoisotopic (exact) mass is 501 g/mol. The Morgan fingerprint density at radius 3 is 2.37 bits per heavy atom. The van der Waals surface area contributed by atoms with Crippen LogP contribution >= 0.6 is 0 Å². The van der Waals surface area contributed by atoms with E-state index < -0.39 is 10.0 Å². The van der Waals surface area contributed by atoms with Crippen LogP contribution in [0.1, 0.15) is 32.3 Å². The Morgan fingerprint density at radius 1 is 1.03 bits per heavy atom. The number of sulfonamides is 1. The molecule has 1 N–H and O–H groups in total. The molecule has 2 aliphatic rings. The molecule has 0 saturated carbocycles. The van der Waals surface area contributed by atoms with Gasteiger partial charge < -0.3 is 19.7 Å². The van der Waals surface area contributed by atoms with Crippen LogP contribution in [0.3, 0.4) is 0 Å². The zero-order chi connectivity index (χ0) is 25.3. The topological polar surface area (TPSA) is 105 Å². The number of carbonyl (C=O) groups excluding carboxylic acids is 2. The maximum absolute atomic E-state index is 13.3. The van der Waals surface area contributed by atoms with Gasteiger partial charge in [-0.2, -0.15) is 4.31 Å². The quantitative estimate of drug-likeness (QED) is 0.652. The van der Waals surface area contributed by atoms with E-state index in [2.05, 4.69) is 5.32 Å². The van der Waals surface area contributed by atoms with E-state index in [-0.39, 0.29) is 41.8 Å². The smallest absolute Gasteiger partial charge is 0.243 e. The number of hydrogen-bond acceptors (Lipinski definition) is 6. The molecule has 1 fully saturated rings. The summed E-state index contributed by atoms with van der Waals surface area (Å²) in [5.74, 6) is 0.566. The van der Waals surface area contributed by atoms with Crippen LogP contribution in [0, 0.1) is 5.92 Å². The molecule has 0 aliphatic carbocycles. The van der Waals surface area contributed by atoms with Gasteiger partial charge in [-0.25, -0.2) is 8.42 Å². The Bertz CT molecular complexity index is 1240. The first kappa shape index (κ1) is 25.0. The van der Waals surface area contributed by atoms with Crippen molar-refractivity contribution < 1.29 is 27.5 Å². The summed E-state index contributed by atoms with van der Waals surface area (Å²) in [5, 5.41) is 2.89. The number of anilines is 2. The summed E-state index contributed by atoms with van der Waals surface area (Å²) in [7, 11) is -0.633. The molecule has 2 amide bonds. The van der Waals surface area contributed by atoms with Crippen molar-refractivity contribution in [1.82, 2.24) is 4.31 Å². The lowest BCUT2D eigenvalue weighted by Crippen LogP contribution is -2.41. The van der Waals surface area contributed by atoms with Crippen molar-refractivity contribution in [2.24, 2.45) is 5.92 Å². The third kappa shape index (κ3) is 4.85. The third-order valence-corrected chi connectivity index (χ3v) is 8.63. The van der Waals surface area contributed by atoms with Gasteiger partial charge >= 0.3 is 0 Å². The summed E-state index contributed by atoms with van der Waals surface area (Å²) in [6.45, 7) is 3.97. The summed E-state index contributed by atoms with van der Waals surface area (Å²) in [4.78, 5) is 26.8. The highest BCUT2D eigenvalue weighted by atomic mass is 32.2. The normalized spacial score (nSPS) is 18.7. The molecule has 4 rings (SSSR count). The zero-order valence-corrected chi connectivity index (χ0v) is 21.2. The minimum Gasteiger partial charge on any atom is -0.497 e. The molecule has 35 heavy (non-hydrogen) atoms. The number of amides is 2. The molecule has 188 valence electrons. The summed E-state index contributed by atoms with van der Waals surface area (Å²) in [6, 6.07) is 10.1. The van der Waals surface area contributed by atoms with Gasteiger partial charge in [0.2, 0.25) is 21.8 Å². The number of carbonyl (C=O) groups is 2. The third-order valence-electron chi connectivity index (χ3n) is 6.73. The van der Waals surface area contributed by atoms with E-state index >= 15 is 0 Å². The second kappa shape index (κ2) is 9.87. The Balaban J connectivity index is 1.43. The second-order valence-corrected chi connectivity index (χ2v) is 10.9. The Hall–Kier alpha value is -3.11. The number of benzene rings is 2. The van der Waals surface area contributed by atoms with Gasteiger partial charge in [0.05, 0.1) is 24.8 Å². The number of piperidine rings is 1. The summed E-state index contributed by atoms with van der Waals surface area (Å²) >= 11 is 0. The van der Waals surface area contributed by atoms with Gasteiger partial charge in [-0.05, 0) is 62.1 Å². The van der Waals surface area contributed by atoms with E-state index in [4.69, 9.17) is 9.47 Å². The number of hydrogen-bond donors (Lipinski definition) is 1. The van der Waals surface area contributed by atoms with Crippen molar-refractivity contribution in [3.63, 3.8) is 0 Å². The molecule has 0 spiro atoms. The maximum Gasteiger partial charge on any atom is 0.243 e. The van der Waals surface area contributed by atoms with Crippen LogP contribution in [0.15, 0.2) is 41.3 Å². The number of fused-ring (bicyclic) bond motifs is 1. The van der Waals surface area contributed by atoms with Crippen molar-refractivity contribution in [2.75, 3.05) is 37.5 Å². The first-order valence-corrected chi connectivity index (χ1v) is 13.1. The van der Waals surface area contributed by atoms with E-state index in [1.807, 2.05) is 6.92 Å². The molecule has 2 aliphatic heterocycles. The van der Waals surface area contributed by atoms with Crippen molar-refractivity contribution in [3.05, 3.63) is 42.0 Å². The highest BCUT2D eigenvalue weighted by Crippen LogP contribution is 2.35. The predicted molar refractivity (Wildman–Crippen MR) is 132 cm³/mol. The molecule has 10 heteroatoms.